The molecule has 0 aromatic heterocycles. The number of allylic oxidation sites excluding steroid dienone is 1. The van der Waals surface area contributed by atoms with Crippen LogP contribution < -0.4 is 4.46 Å². The molecule has 2 nitrogen and oxygen atoms in total. The Balaban J connectivity index is 1.57. The van der Waals surface area contributed by atoms with Crippen LogP contribution in [0.2, 0.25) is 5.32 Å². The summed E-state index contributed by atoms with van der Waals surface area (Å²) < 4.78 is 7.34. The normalized spacial score (nSPS) is 22.9. The van der Waals surface area contributed by atoms with Gasteiger partial charge in [-0.25, -0.2) is 0 Å². The summed E-state index contributed by atoms with van der Waals surface area (Å²) in [6.07, 6.45) is 3.75. The molecule has 1 unspecified atom stereocenters. The van der Waals surface area contributed by atoms with Gasteiger partial charge in [0.15, 0.2) is 0 Å². The van der Waals surface area contributed by atoms with Crippen LogP contribution in [0.3, 0.4) is 0 Å². The van der Waals surface area contributed by atoms with Crippen LogP contribution in [-0.2, 0) is 9.53 Å². The summed E-state index contributed by atoms with van der Waals surface area (Å²) in [5, 5.41) is 1.07. The van der Waals surface area contributed by atoms with E-state index in [4.69, 9.17) is 4.74 Å². The van der Waals surface area contributed by atoms with Gasteiger partial charge >= 0.3 is 114 Å². The number of hydrogen-bond acceptors (Lipinski definition) is 2. The summed E-state index contributed by atoms with van der Waals surface area (Å²) in [6.45, 7) is 0. The molecule has 18 heavy (non-hydrogen) atoms. The van der Waals surface area contributed by atoms with Gasteiger partial charge in [-0.05, 0) is 0 Å². The fourth-order valence-corrected chi connectivity index (χ4v) is 4.41. The Hall–Kier alpha value is -1.05. The van der Waals surface area contributed by atoms with E-state index in [0.29, 0.717) is 20.7 Å². The number of ether oxygens (including phenoxy) is 1. The Morgan fingerprint density at radius 1 is 1.22 bits per heavy atom. The van der Waals surface area contributed by atoms with E-state index in [1.807, 2.05) is 6.07 Å². The zero-order valence-electron chi connectivity index (χ0n) is 10.2. The Bertz CT molecular complexity index is 479. The van der Waals surface area contributed by atoms with Gasteiger partial charge in [-0.3, -0.25) is 0 Å². The van der Waals surface area contributed by atoms with E-state index in [2.05, 4.69) is 24.3 Å². The van der Waals surface area contributed by atoms with E-state index >= 15 is 0 Å². The standard InChI is InChI=1S/C15H16O2Se/c16-14-7-4-8-15-13(14)9-11(17-15)10-18-12-5-2-1-3-6-12/h1-3,5-6,11H,4,7-10H2. The van der Waals surface area contributed by atoms with Crippen LogP contribution in [0, 0.1) is 0 Å². The van der Waals surface area contributed by atoms with Gasteiger partial charge < -0.3 is 0 Å². The van der Waals surface area contributed by atoms with Crippen LogP contribution in [0.5, 0.6) is 0 Å². The summed E-state index contributed by atoms with van der Waals surface area (Å²) in [5.41, 5.74) is 0.995. The molecular formula is C15H16O2Se. The maximum atomic E-state index is 11.8. The fraction of sp³-hybridized carbons (Fsp3) is 0.400. The number of hydrogen-bond donors (Lipinski definition) is 0. The minimum atomic E-state index is 0.247. The van der Waals surface area contributed by atoms with Gasteiger partial charge in [-0.2, -0.15) is 0 Å². The van der Waals surface area contributed by atoms with Crippen molar-refractivity contribution in [1.29, 1.82) is 0 Å². The molecule has 0 fully saturated rings. The van der Waals surface area contributed by atoms with Gasteiger partial charge in [0.2, 0.25) is 0 Å². The van der Waals surface area contributed by atoms with Gasteiger partial charge in [0.25, 0.3) is 0 Å². The molecule has 1 aliphatic carbocycles. The van der Waals surface area contributed by atoms with Crippen molar-refractivity contribution in [2.75, 3.05) is 0 Å². The minimum absolute atomic E-state index is 0.247. The molecule has 1 heterocycles. The van der Waals surface area contributed by atoms with Gasteiger partial charge in [-0.1, -0.05) is 0 Å². The monoisotopic (exact) mass is 308 g/mol. The Kier molecular flexibility index (Phi) is 3.53. The molecule has 3 rings (SSSR count). The predicted octanol–water partition coefficient (Wildman–Crippen LogP) is 2.23. The van der Waals surface area contributed by atoms with Crippen molar-refractivity contribution in [2.24, 2.45) is 0 Å². The third kappa shape index (κ3) is 2.52. The van der Waals surface area contributed by atoms with E-state index in [1.165, 1.54) is 4.46 Å². The van der Waals surface area contributed by atoms with Gasteiger partial charge in [-0.15, -0.1) is 0 Å². The number of carbonyl (C=O) groups is 1. The summed E-state index contributed by atoms with van der Waals surface area (Å²) in [5.74, 6) is 1.33. The molecule has 0 N–H and O–H groups in total. The summed E-state index contributed by atoms with van der Waals surface area (Å²) >= 11 is 0.448. The van der Waals surface area contributed by atoms with Crippen molar-refractivity contribution in [1.82, 2.24) is 0 Å². The molecular weight excluding hydrogens is 291 g/mol. The number of benzene rings is 1. The first-order valence-corrected chi connectivity index (χ1v) is 8.49. The molecule has 0 saturated carbocycles. The predicted molar refractivity (Wildman–Crippen MR) is 72.0 cm³/mol. The SMILES string of the molecule is O=C1CCCC2=C1CC(C[Se]c1ccccc1)O2. The Morgan fingerprint density at radius 3 is 2.83 bits per heavy atom. The zero-order chi connectivity index (χ0) is 12.4. The average Bonchev–Trinajstić information content (AvgIpc) is 2.82. The average molecular weight is 307 g/mol. The van der Waals surface area contributed by atoms with Crippen molar-refractivity contribution in [3.8, 4) is 0 Å². The molecule has 0 radical (unpaired) electrons. The summed E-state index contributed by atoms with van der Waals surface area (Å²) in [7, 11) is 0. The van der Waals surface area contributed by atoms with E-state index in [9.17, 15) is 4.79 Å². The zero-order valence-corrected chi connectivity index (χ0v) is 11.9. The van der Waals surface area contributed by atoms with Crippen molar-refractivity contribution in [2.45, 2.75) is 37.1 Å². The van der Waals surface area contributed by atoms with E-state index in [0.717, 1.165) is 42.3 Å². The Morgan fingerprint density at radius 2 is 2.06 bits per heavy atom. The molecule has 0 amide bonds. The quantitative estimate of drug-likeness (QED) is 0.801. The molecule has 3 heteroatoms. The molecule has 0 saturated heterocycles. The maximum absolute atomic E-state index is 11.8. The van der Waals surface area contributed by atoms with Crippen LogP contribution in [-0.4, -0.2) is 26.8 Å². The molecule has 1 atom stereocenters. The van der Waals surface area contributed by atoms with Crippen LogP contribution in [0.15, 0.2) is 41.7 Å². The van der Waals surface area contributed by atoms with Crippen molar-refractivity contribution < 1.29 is 9.53 Å². The molecule has 2 aliphatic rings. The first-order valence-electron chi connectivity index (χ1n) is 6.42. The third-order valence-corrected chi connectivity index (χ3v) is 5.80. The van der Waals surface area contributed by atoms with E-state index < -0.39 is 0 Å². The Labute approximate surface area is 114 Å². The second kappa shape index (κ2) is 5.29. The fourth-order valence-electron chi connectivity index (χ4n) is 2.49. The van der Waals surface area contributed by atoms with Gasteiger partial charge in [0.1, 0.15) is 0 Å². The number of ketones is 1. The molecule has 1 aromatic rings. The van der Waals surface area contributed by atoms with Crippen molar-refractivity contribution >= 4 is 25.2 Å². The van der Waals surface area contributed by atoms with Crippen LogP contribution in [0.4, 0.5) is 0 Å². The second-order valence-corrected chi connectivity index (χ2v) is 7.04. The van der Waals surface area contributed by atoms with E-state index in [-0.39, 0.29) is 6.10 Å². The van der Waals surface area contributed by atoms with E-state index in [1.54, 1.807) is 0 Å². The molecule has 94 valence electrons. The molecule has 0 spiro atoms. The molecule has 1 aromatic carbocycles. The van der Waals surface area contributed by atoms with Crippen LogP contribution >= 0.6 is 0 Å². The number of Topliss-reactive ketones (excluding diaryl/α,β-unsaturated/α-hetero) is 1. The summed E-state index contributed by atoms with van der Waals surface area (Å²) in [4.78, 5) is 11.8. The second-order valence-electron chi connectivity index (χ2n) is 4.75. The van der Waals surface area contributed by atoms with Gasteiger partial charge in [0.05, 0.1) is 0 Å². The first-order chi connectivity index (χ1) is 8.83. The van der Waals surface area contributed by atoms with Gasteiger partial charge in [0, 0.05) is 0 Å². The van der Waals surface area contributed by atoms with Crippen molar-refractivity contribution in [3.05, 3.63) is 41.7 Å². The topological polar surface area (TPSA) is 26.3 Å². The molecule has 0 bridgehead atoms. The van der Waals surface area contributed by atoms with Crippen LogP contribution in [0.25, 0.3) is 0 Å². The first kappa shape index (κ1) is 12.0. The molecule has 1 aliphatic heterocycles. The summed E-state index contributed by atoms with van der Waals surface area (Å²) in [6, 6.07) is 10.6. The third-order valence-electron chi connectivity index (χ3n) is 3.40. The number of carbonyl (C=O) groups excluding carboxylic acids is 1. The van der Waals surface area contributed by atoms with Crippen molar-refractivity contribution in [3.63, 3.8) is 0 Å². The van der Waals surface area contributed by atoms with Crippen LogP contribution in [0.1, 0.15) is 25.7 Å². The number of rotatable bonds is 3.